The number of rotatable bonds is 5. The smallest absolute Gasteiger partial charge is 0.166 e. The molecule has 4 rings (SSSR count). The number of hydrogen-bond acceptors (Lipinski definition) is 5. The van der Waals surface area contributed by atoms with E-state index < -0.39 is 0 Å². The average molecular weight is 372 g/mol. The average Bonchev–Trinajstić information content (AvgIpc) is 2.71. The third-order valence-electron chi connectivity index (χ3n) is 5.10. The normalized spacial score (nSPS) is 12.6. The Kier molecular flexibility index (Phi) is 4.84. The van der Waals surface area contributed by atoms with Gasteiger partial charge in [-0.1, -0.05) is 56.3 Å². The van der Waals surface area contributed by atoms with Crippen LogP contribution in [0.4, 0.5) is 5.82 Å². The number of nitrogens with zero attached hydrogens (tertiary/aromatic N) is 2. The molecule has 3 aromatic carbocycles. The molecule has 0 saturated heterocycles. The SMILES string of the molecule is CC(C)[C@H](N)CNc1nc(-c2c(O)ccc3ccccc23)nc2ccccc12. The van der Waals surface area contributed by atoms with E-state index in [1.54, 1.807) is 6.07 Å². The number of nitrogens with one attached hydrogen (secondary N) is 1. The van der Waals surface area contributed by atoms with Crippen LogP contribution in [-0.2, 0) is 0 Å². The van der Waals surface area contributed by atoms with Crippen molar-refractivity contribution in [2.24, 2.45) is 11.7 Å². The van der Waals surface area contributed by atoms with Crippen molar-refractivity contribution in [1.82, 2.24) is 9.97 Å². The van der Waals surface area contributed by atoms with E-state index >= 15 is 0 Å². The summed E-state index contributed by atoms with van der Waals surface area (Å²) in [5, 5.41) is 16.9. The summed E-state index contributed by atoms with van der Waals surface area (Å²) in [5.74, 6) is 1.75. The summed E-state index contributed by atoms with van der Waals surface area (Å²) in [7, 11) is 0. The van der Waals surface area contributed by atoms with Crippen LogP contribution in [0.5, 0.6) is 5.75 Å². The van der Waals surface area contributed by atoms with E-state index in [1.807, 2.05) is 54.6 Å². The summed E-state index contributed by atoms with van der Waals surface area (Å²) in [6.07, 6.45) is 0. The summed E-state index contributed by atoms with van der Waals surface area (Å²) in [5.41, 5.74) is 7.67. The molecule has 4 aromatic rings. The van der Waals surface area contributed by atoms with Crippen molar-refractivity contribution in [2.45, 2.75) is 19.9 Å². The van der Waals surface area contributed by atoms with Crippen LogP contribution in [0.25, 0.3) is 33.1 Å². The number of fused-ring (bicyclic) bond motifs is 2. The molecule has 5 heteroatoms. The summed E-state index contributed by atoms with van der Waals surface area (Å²) in [6, 6.07) is 19.4. The minimum absolute atomic E-state index is 0.0168. The van der Waals surface area contributed by atoms with Gasteiger partial charge in [0.05, 0.1) is 11.1 Å². The van der Waals surface area contributed by atoms with E-state index in [9.17, 15) is 5.11 Å². The van der Waals surface area contributed by atoms with E-state index in [0.717, 1.165) is 27.5 Å². The number of benzene rings is 3. The van der Waals surface area contributed by atoms with Gasteiger partial charge in [-0.25, -0.2) is 9.97 Å². The van der Waals surface area contributed by atoms with Gasteiger partial charge in [-0.2, -0.15) is 0 Å². The Balaban J connectivity index is 1.88. The molecular weight excluding hydrogens is 348 g/mol. The monoisotopic (exact) mass is 372 g/mol. The van der Waals surface area contributed by atoms with Gasteiger partial charge in [0.2, 0.25) is 0 Å². The molecule has 0 bridgehead atoms. The van der Waals surface area contributed by atoms with E-state index in [2.05, 4.69) is 19.2 Å². The fraction of sp³-hybridized carbons (Fsp3) is 0.217. The van der Waals surface area contributed by atoms with Crippen LogP contribution in [0.1, 0.15) is 13.8 Å². The second-order valence-electron chi connectivity index (χ2n) is 7.38. The predicted molar refractivity (Wildman–Crippen MR) is 115 cm³/mol. The predicted octanol–water partition coefficient (Wildman–Crippen LogP) is 4.55. The highest BCUT2D eigenvalue weighted by molar-refractivity contribution is 6.00. The van der Waals surface area contributed by atoms with Gasteiger partial charge in [0.1, 0.15) is 11.6 Å². The van der Waals surface area contributed by atoms with Crippen LogP contribution in [0.2, 0.25) is 0 Å². The van der Waals surface area contributed by atoms with Crippen LogP contribution in [0.3, 0.4) is 0 Å². The number of nitrogens with two attached hydrogens (primary N) is 1. The summed E-state index contributed by atoms with van der Waals surface area (Å²) in [6.45, 7) is 4.81. The minimum atomic E-state index is 0.0168. The first-order valence-corrected chi connectivity index (χ1v) is 9.52. The van der Waals surface area contributed by atoms with Crippen LogP contribution in [0, 0.1) is 5.92 Å². The van der Waals surface area contributed by atoms with Crippen molar-refractivity contribution in [3.8, 4) is 17.1 Å². The van der Waals surface area contributed by atoms with Gasteiger partial charge in [-0.3, -0.25) is 0 Å². The molecule has 0 saturated carbocycles. The fourth-order valence-corrected chi connectivity index (χ4v) is 3.27. The molecule has 0 aliphatic heterocycles. The number of hydrogen-bond donors (Lipinski definition) is 3. The molecule has 142 valence electrons. The number of anilines is 1. The highest BCUT2D eigenvalue weighted by Gasteiger charge is 2.16. The van der Waals surface area contributed by atoms with Gasteiger partial charge in [-0.15, -0.1) is 0 Å². The third kappa shape index (κ3) is 3.37. The van der Waals surface area contributed by atoms with Gasteiger partial charge in [-0.05, 0) is 34.9 Å². The Bertz CT molecular complexity index is 1140. The molecule has 0 spiro atoms. The van der Waals surface area contributed by atoms with Crippen molar-refractivity contribution in [2.75, 3.05) is 11.9 Å². The van der Waals surface area contributed by atoms with Gasteiger partial charge >= 0.3 is 0 Å². The van der Waals surface area contributed by atoms with Crippen molar-refractivity contribution >= 4 is 27.5 Å². The standard InChI is InChI=1S/C23H24N4O/c1-14(2)18(24)13-25-22-17-9-5-6-10-19(17)26-23(27-22)21-16-8-4-3-7-15(16)11-12-20(21)28/h3-12,14,18,28H,13,24H2,1-2H3,(H,25,26,27)/t18-/m1/s1. The number of phenolic OH excluding ortho intramolecular Hbond substituents is 1. The highest BCUT2D eigenvalue weighted by Crippen LogP contribution is 2.36. The molecule has 0 aliphatic carbocycles. The molecule has 0 radical (unpaired) electrons. The zero-order chi connectivity index (χ0) is 19.7. The molecular formula is C23H24N4O. The second-order valence-corrected chi connectivity index (χ2v) is 7.38. The van der Waals surface area contributed by atoms with Crippen molar-refractivity contribution in [1.29, 1.82) is 0 Å². The molecule has 1 heterocycles. The molecule has 1 atom stereocenters. The quantitative estimate of drug-likeness (QED) is 0.479. The van der Waals surface area contributed by atoms with E-state index in [1.165, 1.54) is 0 Å². The lowest BCUT2D eigenvalue weighted by atomic mass is 10.0. The van der Waals surface area contributed by atoms with Gasteiger partial charge in [0.15, 0.2) is 5.82 Å². The number of phenols is 1. The lowest BCUT2D eigenvalue weighted by molar-refractivity contribution is 0.477. The van der Waals surface area contributed by atoms with Crippen LogP contribution >= 0.6 is 0 Å². The Morgan fingerprint density at radius 3 is 2.43 bits per heavy atom. The van der Waals surface area contributed by atoms with Gasteiger partial charge in [0, 0.05) is 18.0 Å². The second kappa shape index (κ2) is 7.44. The molecule has 0 amide bonds. The van der Waals surface area contributed by atoms with Crippen LogP contribution in [-0.4, -0.2) is 27.7 Å². The van der Waals surface area contributed by atoms with Crippen LogP contribution < -0.4 is 11.1 Å². The first kappa shape index (κ1) is 18.2. The maximum Gasteiger partial charge on any atom is 0.166 e. The summed E-state index contributed by atoms with van der Waals surface area (Å²) in [4.78, 5) is 9.51. The largest absolute Gasteiger partial charge is 0.507 e. The van der Waals surface area contributed by atoms with Gasteiger partial charge < -0.3 is 16.2 Å². The van der Waals surface area contributed by atoms with Crippen molar-refractivity contribution in [3.63, 3.8) is 0 Å². The fourth-order valence-electron chi connectivity index (χ4n) is 3.27. The number of para-hydroxylation sites is 1. The molecule has 0 aliphatic rings. The van der Waals surface area contributed by atoms with Crippen molar-refractivity contribution < 1.29 is 5.11 Å². The van der Waals surface area contributed by atoms with E-state index in [4.69, 9.17) is 15.7 Å². The molecule has 5 nitrogen and oxygen atoms in total. The lowest BCUT2D eigenvalue weighted by Gasteiger charge is -2.18. The Hall–Kier alpha value is -3.18. The topological polar surface area (TPSA) is 84.1 Å². The molecule has 0 fully saturated rings. The zero-order valence-electron chi connectivity index (χ0n) is 16.1. The van der Waals surface area contributed by atoms with Crippen LogP contribution in [0.15, 0.2) is 60.7 Å². The highest BCUT2D eigenvalue weighted by atomic mass is 16.3. The summed E-state index contributed by atoms with van der Waals surface area (Å²) >= 11 is 0. The van der Waals surface area contributed by atoms with Gasteiger partial charge in [0.25, 0.3) is 0 Å². The maximum atomic E-state index is 10.6. The lowest BCUT2D eigenvalue weighted by Crippen LogP contribution is -2.34. The Labute approximate surface area is 164 Å². The number of aromatic hydroxyl groups is 1. The minimum Gasteiger partial charge on any atom is -0.507 e. The maximum absolute atomic E-state index is 10.6. The van der Waals surface area contributed by atoms with E-state index in [-0.39, 0.29) is 11.8 Å². The molecule has 28 heavy (non-hydrogen) atoms. The molecule has 0 unspecified atom stereocenters. The first-order chi connectivity index (χ1) is 13.5. The zero-order valence-corrected chi connectivity index (χ0v) is 16.1. The third-order valence-corrected chi connectivity index (χ3v) is 5.10. The summed E-state index contributed by atoms with van der Waals surface area (Å²) < 4.78 is 0. The Morgan fingerprint density at radius 1 is 0.929 bits per heavy atom. The van der Waals surface area contributed by atoms with E-state index in [0.29, 0.717) is 23.9 Å². The molecule has 1 aromatic heterocycles. The van der Waals surface area contributed by atoms with Crippen molar-refractivity contribution in [3.05, 3.63) is 60.7 Å². The Morgan fingerprint density at radius 2 is 1.64 bits per heavy atom. The first-order valence-electron chi connectivity index (χ1n) is 9.52. The molecule has 4 N–H and O–H groups in total. The number of aromatic nitrogens is 2.